The standard InChI is InChI=1S/C21H19F2N5O2/c22-16-7-17(25)18(29)6-12(16)5-13-9-26-21(20(23)15(13)8-24)14-10-27-28(11-14)19-3-1-2-4-30-19/h6-7,9-11,19,29H,1-5,25H2. The van der Waals surface area contributed by atoms with Gasteiger partial charge in [-0.25, -0.2) is 13.5 Å². The van der Waals surface area contributed by atoms with E-state index in [9.17, 15) is 14.8 Å². The summed E-state index contributed by atoms with van der Waals surface area (Å²) in [5.74, 6) is -1.75. The zero-order valence-electron chi connectivity index (χ0n) is 16.0. The molecule has 3 N–H and O–H groups in total. The predicted octanol–water partition coefficient (Wildman–Crippen LogP) is 3.67. The molecule has 9 heteroatoms. The number of halogens is 2. The van der Waals surface area contributed by atoms with E-state index in [0.717, 1.165) is 31.4 Å². The predicted molar refractivity (Wildman–Crippen MR) is 104 cm³/mol. The molecule has 3 aromatic rings. The minimum Gasteiger partial charge on any atom is -0.506 e. The molecular weight excluding hydrogens is 392 g/mol. The highest BCUT2D eigenvalue weighted by Gasteiger charge is 2.21. The summed E-state index contributed by atoms with van der Waals surface area (Å²) < 4.78 is 36.6. The number of aromatic hydroxyl groups is 1. The van der Waals surface area contributed by atoms with Crippen LogP contribution in [0.25, 0.3) is 11.3 Å². The van der Waals surface area contributed by atoms with E-state index >= 15 is 4.39 Å². The maximum absolute atomic E-state index is 15.1. The normalized spacial score (nSPS) is 16.4. The number of hydrogen-bond donors (Lipinski definition) is 2. The van der Waals surface area contributed by atoms with Crippen LogP contribution in [0.4, 0.5) is 14.5 Å². The van der Waals surface area contributed by atoms with Crippen molar-refractivity contribution in [3.63, 3.8) is 0 Å². The van der Waals surface area contributed by atoms with Crippen LogP contribution in [0.5, 0.6) is 5.75 Å². The Morgan fingerprint density at radius 2 is 2.10 bits per heavy atom. The monoisotopic (exact) mass is 411 g/mol. The molecule has 4 rings (SSSR count). The molecule has 0 saturated carbocycles. The molecule has 0 aliphatic carbocycles. The molecule has 154 valence electrons. The SMILES string of the molecule is N#Cc1c(Cc2cc(O)c(N)cc2F)cnc(-c2cnn(C3CCCCO3)c2)c1F. The summed E-state index contributed by atoms with van der Waals surface area (Å²) in [6, 6.07) is 3.97. The molecular formula is C21H19F2N5O2. The van der Waals surface area contributed by atoms with Gasteiger partial charge in [0.25, 0.3) is 0 Å². The number of benzene rings is 1. The van der Waals surface area contributed by atoms with E-state index in [1.165, 1.54) is 12.4 Å². The van der Waals surface area contributed by atoms with E-state index in [2.05, 4.69) is 10.1 Å². The van der Waals surface area contributed by atoms with E-state index in [0.29, 0.717) is 12.2 Å². The van der Waals surface area contributed by atoms with Gasteiger partial charge < -0.3 is 15.6 Å². The average molecular weight is 411 g/mol. The Morgan fingerprint density at radius 1 is 1.27 bits per heavy atom. The van der Waals surface area contributed by atoms with Gasteiger partial charge in [0.1, 0.15) is 29.6 Å². The number of hydrogen-bond acceptors (Lipinski definition) is 6. The van der Waals surface area contributed by atoms with Crippen molar-refractivity contribution >= 4 is 5.69 Å². The quantitative estimate of drug-likeness (QED) is 0.501. The summed E-state index contributed by atoms with van der Waals surface area (Å²) in [6.45, 7) is 0.650. The van der Waals surface area contributed by atoms with Gasteiger partial charge in [0.05, 0.1) is 17.4 Å². The van der Waals surface area contributed by atoms with Gasteiger partial charge >= 0.3 is 0 Å². The second-order valence-corrected chi connectivity index (χ2v) is 7.14. The van der Waals surface area contributed by atoms with Crippen molar-refractivity contribution in [3.8, 4) is 23.1 Å². The van der Waals surface area contributed by atoms with Crippen molar-refractivity contribution in [3.05, 3.63) is 59.0 Å². The summed E-state index contributed by atoms with van der Waals surface area (Å²) in [5, 5.41) is 23.5. The summed E-state index contributed by atoms with van der Waals surface area (Å²) in [5.41, 5.74) is 5.81. The molecule has 0 amide bonds. The molecule has 0 bridgehead atoms. The van der Waals surface area contributed by atoms with E-state index in [-0.39, 0.29) is 46.5 Å². The fourth-order valence-corrected chi connectivity index (χ4v) is 3.49. The second-order valence-electron chi connectivity index (χ2n) is 7.14. The van der Waals surface area contributed by atoms with Crippen LogP contribution < -0.4 is 5.73 Å². The molecule has 7 nitrogen and oxygen atoms in total. The Morgan fingerprint density at radius 3 is 2.83 bits per heavy atom. The molecule has 0 radical (unpaired) electrons. The smallest absolute Gasteiger partial charge is 0.167 e. The van der Waals surface area contributed by atoms with Crippen molar-refractivity contribution in [1.82, 2.24) is 14.8 Å². The number of pyridine rings is 1. The highest BCUT2D eigenvalue weighted by Crippen LogP contribution is 2.30. The van der Waals surface area contributed by atoms with Gasteiger partial charge in [-0.1, -0.05) is 0 Å². The fourth-order valence-electron chi connectivity index (χ4n) is 3.49. The molecule has 30 heavy (non-hydrogen) atoms. The van der Waals surface area contributed by atoms with Crippen LogP contribution >= 0.6 is 0 Å². The molecule has 0 spiro atoms. The summed E-state index contributed by atoms with van der Waals surface area (Å²) >= 11 is 0. The first-order chi connectivity index (χ1) is 14.5. The van der Waals surface area contributed by atoms with Gasteiger partial charge in [-0.05, 0) is 36.5 Å². The molecule has 1 fully saturated rings. The Bertz CT molecular complexity index is 1130. The number of rotatable bonds is 4. The van der Waals surface area contributed by atoms with Crippen LogP contribution in [0.1, 0.15) is 42.2 Å². The van der Waals surface area contributed by atoms with Crippen LogP contribution in [-0.2, 0) is 11.2 Å². The number of ether oxygens (including phenoxy) is 1. The largest absolute Gasteiger partial charge is 0.506 e. The third kappa shape index (κ3) is 3.69. The van der Waals surface area contributed by atoms with Crippen LogP contribution in [0.3, 0.4) is 0 Å². The van der Waals surface area contributed by atoms with Crippen molar-refractivity contribution in [2.45, 2.75) is 31.9 Å². The summed E-state index contributed by atoms with van der Waals surface area (Å²) in [7, 11) is 0. The molecule has 3 heterocycles. The lowest BCUT2D eigenvalue weighted by Gasteiger charge is -2.22. The lowest BCUT2D eigenvalue weighted by atomic mass is 9.99. The molecule has 1 aliphatic rings. The highest BCUT2D eigenvalue weighted by atomic mass is 19.1. The van der Waals surface area contributed by atoms with Crippen LogP contribution in [0.2, 0.25) is 0 Å². The Kier molecular flexibility index (Phi) is 5.33. The van der Waals surface area contributed by atoms with Crippen molar-refractivity contribution in [2.24, 2.45) is 0 Å². The van der Waals surface area contributed by atoms with Gasteiger partial charge in [0.15, 0.2) is 5.82 Å². The third-order valence-electron chi connectivity index (χ3n) is 5.11. The molecule has 1 unspecified atom stereocenters. The zero-order valence-corrected chi connectivity index (χ0v) is 16.0. The number of phenols is 1. The Balaban J connectivity index is 1.66. The van der Waals surface area contributed by atoms with Crippen LogP contribution in [-0.4, -0.2) is 26.5 Å². The molecule has 1 aliphatic heterocycles. The number of anilines is 1. The molecule has 1 atom stereocenters. The number of nitrogen functional groups attached to an aromatic ring is 1. The number of nitriles is 1. The first-order valence-corrected chi connectivity index (χ1v) is 9.48. The minimum absolute atomic E-state index is 0.0158. The van der Waals surface area contributed by atoms with E-state index in [4.69, 9.17) is 10.5 Å². The van der Waals surface area contributed by atoms with E-state index < -0.39 is 11.6 Å². The topological polar surface area (TPSA) is 110 Å². The minimum atomic E-state index is -0.806. The van der Waals surface area contributed by atoms with E-state index in [1.54, 1.807) is 10.9 Å². The van der Waals surface area contributed by atoms with Gasteiger partial charge in [-0.2, -0.15) is 10.4 Å². The Hall–Kier alpha value is -3.51. The fraction of sp³-hybridized carbons (Fsp3) is 0.286. The maximum atomic E-state index is 15.1. The lowest BCUT2D eigenvalue weighted by molar-refractivity contribution is -0.0394. The first-order valence-electron chi connectivity index (χ1n) is 9.48. The molecule has 2 aromatic heterocycles. The number of aromatic nitrogens is 3. The van der Waals surface area contributed by atoms with Crippen molar-refractivity contribution in [1.29, 1.82) is 5.26 Å². The number of nitrogens with two attached hydrogens (primary N) is 1. The Labute approximate surface area is 171 Å². The van der Waals surface area contributed by atoms with Gasteiger partial charge in [0.2, 0.25) is 0 Å². The summed E-state index contributed by atoms with van der Waals surface area (Å²) in [6.07, 6.45) is 6.96. The maximum Gasteiger partial charge on any atom is 0.167 e. The zero-order chi connectivity index (χ0) is 21.3. The first kappa shape index (κ1) is 19.8. The number of phenolic OH excluding ortho intramolecular Hbond substituents is 1. The third-order valence-corrected chi connectivity index (χ3v) is 5.11. The number of nitrogens with zero attached hydrogens (tertiary/aromatic N) is 4. The van der Waals surface area contributed by atoms with Crippen molar-refractivity contribution in [2.75, 3.05) is 12.3 Å². The van der Waals surface area contributed by atoms with Gasteiger partial charge in [0, 0.05) is 37.1 Å². The van der Waals surface area contributed by atoms with Gasteiger partial charge in [-0.3, -0.25) is 4.98 Å². The second kappa shape index (κ2) is 8.08. The van der Waals surface area contributed by atoms with Crippen LogP contribution in [0, 0.1) is 23.0 Å². The highest BCUT2D eigenvalue weighted by molar-refractivity contribution is 5.62. The van der Waals surface area contributed by atoms with E-state index in [1.807, 2.05) is 6.07 Å². The molecule has 1 aromatic carbocycles. The average Bonchev–Trinajstić information content (AvgIpc) is 3.23. The lowest BCUT2D eigenvalue weighted by Crippen LogP contribution is -2.18. The summed E-state index contributed by atoms with van der Waals surface area (Å²) in [4.78, 5) is 4.15. The van der Waals surface area contributed by atoms with Gasteiger partial charge in [-0.15, -0.1) is 0 Å². The van der Waals surface area contributed by atoms with Crippen LogP contribution in [0.15, 0.2) is 30.7 Å². The molecule has 1 saturated heterocycles. The van der Waals surface area contributed by atoms with Crippen molar-refractivity contribution < 1.29 is 18.6 Å².